The first kappa shape index (κ1) is 10.4. The van der Waals surface area contributed by atoms with E-state index >= 15 is 0 Å². The molecule has 0 fully saturated rings. The molecule has 0 aliphatic carbocycles. The SMILES string of the molecule is ClCCSCc1cncc(Br)c1. The highest BCUT2D eigenvalue weighted by Gasteiger charge is 1.94. The Labute approximate surface area is 90.0 Å². The van der Waals surface area contributed by atoms with Gasteiger partial charge in [-0.3, -0.25) is 4.98 Å². The molecule has 0 atom stereocenters. The number of nitrogens with zero attached hydrogens (tertiary/aromatic N) is 1. The Morgan fingerprint density at radius 2 is 2.33 bits per heavy atom. The van der Waals surface area contributed by atoms with Crippen LogP contribution < -0.4 is 0 Å². The fraction of sp³-hybridized carbons (Fsp3) is 0.375. The zero-order valence-electron chi connectivity index (χ0n) is 6.46. The van der Waals surface area contributed by atoms with Crippen LogP contribution in [0.5, 0.6) is 0 Å². The second-order valence-electron chi connectivity index (χ2n) is 2.25. The Morgan fingerprint density at radius 3 is 3.00 bits per heavy atom. The van der Waals surface area contributed by atoms with E-state index in [2.05, 4.69) is 27.0 Å². The molecule has 0 amide bonds. The number of thioether (sulfide) groups is 1. The molecule has 0 bridgehead atoms. The standard InChI is InChI=1S/C8H9BrClNS/c9-8-3-7(4-11-5-8)6-12-2-1-10/h3-5H,1-2,6H2. The topological polar surface area (TPSA) is 12.9 Å². The first-order valence-corrected chi connectivity index (χ1v) is 6.04. The molecule has 1 aromatic heterocycles. The lowest BCUT2D eigenvalue weighted by atomic mass is 10.3. The highest BCUT2D eigenvalue weighted by atomic mass is 79.9. The van der Waals surface area contributed by atoms with Crippen molar-refractivity contribution in [3.8, 4) is 0 Å². The minimum absolute atomic E-state index is 0.714. The second kappa shape index (κ2) is 5.84. The van der Waals surface area contributed by atoms with E-state index in [1.165, 1.54) is 5.56 Å². The van der Waals surface area contributed by atoms with Gasteiger partial charge < -0.3 is 0 Å². The number of halogens is 2. The van der Waals surface area contributed by atoms with Crippen molar-refractivity contribution in [3.63, 3.8) is 0 Å². The molecule has 4 heteroatoms. The van der Waals surface area contributed by atoms with Gasteiger partial charge in [0.1, 0.15) is 0 Å². The molecular weight excluding hydrogens is 258 g/mol. The number of alkyl halides is 1. The van der Waals surface area contributed by atoms with Gasteiger partial charge in [-0.15, -0.1) is 11.6 Å². The largest absolute Gasteiger partial charge is 0.263 e. The maximum atomic E-state index is 5.55. The molecule has 1 rings (SSSR count). The van der Waals surface area contributed by atoms with Crippen molar-refractivity contribution in [2.45, 2.75) is 5.75 Å². The molecule has 0 unspecified atom stereocenters. The summed E-state index contributed by atoms with van der Waals surface area (Å²) in [7, 11) is 0. The van der Waals surface area contributed by atoms with E-state index < -0.39 is 0 Å². The highest BCUT2D eigenvalue weighted by molar-refractivity contribution is 9.10. The van der Waals surface area contributed by atoms with Crippen LogP contribution >= 0.6 is 39.3 Å². The van der Waals surface area contributed by atoms with Crippen molar-refractivity contribution < 1.29 is 0 Å². The number of pyridine rings is 1. The third-order valence-electron chi connectivity index (χ3n) is 1.25. The Kier molecular flexibility index (Phi) is 5.04. The first-order valence-electron chi connectivity index (χ1n) is 3.56. The molecule has 1 nitrogen and oxygen atoms in total. The minimum atomic E-state index is 0.714. The van der Waals surface area contributed by atoms with E-state index in [0.717, 1.165) is 16.0 Å². The Hall–Kier alpha value is 0.270. The summed E-state index contributed by atoms with van der Waals surface area (Å²) < 4.78 is 1.03. The van der Waals surface area contributed by atoms with Gasteiger partial charge in [-0.05, 0) is 27.6 Å². The second-order valence-corrected chi connectivity index (χ2v) is 4.65. The molecule has 0 saturated heterocycles. The molecule has 0 aliphatic heterocycles. The van der Waals surface area contributed by atoms with Gasteiger partial charge in [0.25, 0.3) is 0 Å². The van der Waals surface area contributed by atoms with E-state index in [1.807, 2.05) is 18.0 Å². The van der Waals surface area contributed by atoms with Crippen LogP contribution in [-0.4, -0.2) is 16.6 Å². The normalized spacial score (nSPS) is 10.2. The number of rotatable bonds is 4. The molecule has 0 spiro atoms. The number of hydrogen-bond donors (Lipinski definition) is 0. The van der Waals surface area contributed by atoms with Crippen LogP contribution in [0.15, 0.2) is 22.9 Å². The van der Waals surface area contributed by atoms with Gasteiger partial charge in [-0.2, -0.15) is 11.8 Å². The summed E-state index contributed by atoms with van der Waals surface area (Å²) in [6.45, 7) is 0. The molecule has 0 N–H and O–H groups in total. The Balaban J connectivity index is 2.41. The highest BCUT2D eigenvalue weighted by Crippen LogP contribution is 2.15. The van der Waals surface area contributed by atoms with Crippen molar-refractivity contribution in [2.75, 3.05) is 11.6 Å². The molecule has 66 valence electrons. The summed E-state index contributed by atoms with van der Waals surface area (Å²) in [4.78, 5) is 4.07. The van der Waals surface area contributed by atoms with E-state index in [0.29, 0.717) is 5.88 Å². The van der Waals surface area contributed by atoms with Gasteiger partial charge in [0.15, 0.2) is 0 Å². The molecule has 0 radical (unpaired) electrons. The van der Waals surface area contributed by atoms with Crippen LogP contribution in [-0.2, 0) is 5.75 Å². The maximum Gasteiger partial charge on any atom is 0.0410 e. The fourth-order valence-electron chi connectivity index (χ4n) is 0.779. The summed E-state index contributed by atoms with van der Waals surface area (Å²) in [5, 5.41) is 0. The maximum absolute atomic E-state index is 5.55. The molecule has 12 heavy (non-hydrogen) atoms. The molecule has 0 aromatic carbocycles. The Bertz CT molecular complexity index is 244. The van der Waals surface area contributed by atoms with Crippen molar-refractivity contribution in [1.82, 2.24) is 4.98 Å². The van der Waals surface area contributed by atoms with Gasteiger partial charge in [-0.25, -0.2) is 0 Å². The average Bonchev–Trinajstić information content (AvgIpc) is 2.05. The van der Waals surface area contributed by atoms with Crippen LogP contribution in [0, 0.1) is 0 Å². The van der Waals surface area contributed by atoms with Gasteiger partial charge in [0.2, 0.25) is 0 Å². The number of hydrogen-bond acceptors (Lipinski definition) is 2. The first-order chi connectivity index (χ1) is 5.83. The van der Waals surface area contributed by atoms with Crippen LogP contribution in [0.3, 0.4) is 0 Å². The quantitative estimate of drug-likeness (QED) is 0.612. The van der Waals surface area contributed by atoms with Gasteiger partial charge in [-0.1, -0.05) is 0 Å². The minimum Gasteiger partial charge on any atom is -0.263 e. The smallest absolute Gasteiger partial charge is 0.0410 e. The third kappa shape index (κ3) is 3.78. The monoisotopic (exact) mass is 265 g/mol. The fourth-order valence-corrected chi connectivity index (χ4v) is 2.17. The molecule has 1 heterocycles. The van der Waals surface area contributed by atoms with Crippen molar-refractivity contribution >= 4 is 39.3 Å². The molecule has 0 saturated carbocycles. The summed E-state index contributed by atoms with van der Waals surface area (Å²) in [5.41, 5.74) is 1.24. The summed E-state index contributed by atoms with van der Waals surface area (Å²) in [5.74, 6) is 2.69. The summed E-state index contributed by atoms with van der Waals surface area (Å²) in [6.07, 6.45) is 3.67. The zero-order chi connectivity index (χ0) is 8.81. The van der Waals surface area contributed by atoms with E-state index in [9.17, 15) is 0 Å². The van der Waals surface area contributed by atoms with E-state index in [-0.39, 0.29) is 0 Å². The van der Waals surface area contributed by atoms with Crippen LogP contribution in [0.25, 0.3) is 0 Å². The van der Waals surface area contributed by atoms with E-state index in [4.69, 9.17) is 11.6 Å². The lowest BCUT2D eigenvalue weighted by Crippen LogP contribution is -1.85. The third-order valence-corrected chi connectivity index (χ3v) is 3.13. The molecule has 0 aliphatic rings. The lowest BCUT2D eigenvalue weighted by Gasteiger charge is -1.99. The van der Waals surface area contributed by atoms with Gasteiger partial charge >= 0.3 is 0 Å². The van der Waals surface area contributed by atoms with Gasteiger partial charge in [0.05, 0.1) is 0 Å². The van der Waals surface area contributed by atoms with Crippen LogP contribution in [0.2, 0.25) is 0 Å². The van der Waals surface area contributed by atoms with Crippen molar-refractivity contribution in [3.05, 3.63) is 28.5 Å². The average molecular weight is 267 g/mol. The van der Waals surface area contributed by atoms with Crippen LogP contribution in [0.4, 0.5) is 0 Å². The van der Waals surface area contributed by atoms with Gasteiger partial charge in [0, 0.05) is 34.3 Å². The summed E-state index contributed by atoms with van der Waals surface area (Å²) >= 11 is 10.7. The zero-order valence-corrected chi connectivity index (χ0v) is 9.62. The predicted octanol–water partition coefficient (Wildman–Crippen LogP) is 3.32. The van der Waals surface area contributed by atoms with Crippen molar-refractivity contribution in [2.24, 2.45) is 0 Å². The summed E-state index contributed by atoms with van der Waals surface area (Å²) in [6, 6.07) is 2.08. The predicted molar refractivity (Wildman–Crippen MR) is 58.8 cm³/mol. The Morgan fingerprint density at radius 1 is 1.50 bits per heavy atom. The number of aromatic nitrogens is 1. The molecular formula is C8H9BrClNS. The van der Waals surface area contributed by atoms with E-state index in [1.54, 1.807) is 6.20 Å². The van der Waals surface area contributed by atoms with Crippen LogP contribution in [0.1, 0.15) is 5.56 Å². The van der Waals surface area contributed by atoms with Crippen molar-refractivity contribution in [1.29, 1.82) is 0 Å². The molecule has 1 aromatic rings. The lowest BCUT2D eigenvalue weighted by molar-refractivity contribution is 1.23.